The number of hydrogen-bond acceptors (Lipinski definition) is 4. The fourth-order valence-corrected chi connectivity index (χ4v) is 2.56. The van der Waals surface area contributed by atoms with Gasteiger partial charge in [-0.05, 0) is 5.92 Å². The standard InChI is InChI=1S/C9H15N3O4S/c1-6(2)8(9(13)14)11-17(15,16)7-4-10-12(3)5-7/h4-6,8,11H,1-3H3,(H,13,14)/t8-/m0/s1. The molecule has 1 rings (SSSR count). The summed E-state index contributed by atoms with van der Waals surface area (Å²) < 4.78 is 27.1. The largest absolute Gasteiger partial charge is 0.480 e. The Morgan fingerprint density at radius 2 is 2.12 bits per heavy atom. The molecule has 0 saturated carbocycles. The third-order valence-corrected chi connectivity index (χ3v) is 3.60. The van der Waals surface area contributed by atoms with Gasteiger partial charge in [-0.1, -0.05) is 13.8 Å². The molecular formula is C9H15N3O4S. The van der Waals surface area contributed by atoms with Crippen molar-refractivity contribution in [3.8, 4) is 0 Å². The van der Waals surface area contributed by atoms with Crippen molar-refractivity contribution in [1.29, 1.82) is 0 Å². The van der Waals surface area contributed by atoms with Crippen LogP contribution in [0.15, 0.2) is 17.3 Å². The minimum Gasteiger partial charge on any atom is -0.480 e. The summed E-state index contributed by atoms with van der Waals surface area (Å²) in [5.74, 6) is -1.55. The number of aryl methyl sites for hydroxylation is 1. The number of nitrogens with zero attached hydrogens (tertiary/aromatic N) is 2. The maximum absolute atomic E-state index is 11.8. The first kappa shape index (κ1) is 13.7. The van der Waals surface area contributed by atoms with Gasteiger partial charge in [0.2, 0.25) is 10.0 Å². The third-order valence-electron chi connectivity index (χ3n) is 2.21. The minimum atomic E-state index is -3.84. The maximum atomic E-state index is 11.8. The normalized spacial score (nSPS) is 13.9. The van der Waals surface area contributed by atoms with Crippen molar-refractivity contribution in [2.45, 2.75) is 24.8 Å². The van der Waals surface area contributed by atoms with Crippen molar-refractivity contribution in [3.05, 3.63) is 12.4 Å². The van der Waals surface area contributed by atoms with Crippen molar-refractivity contribution >= 4 is 16.0 Å². The van der Waals surface area contributed by atoms with E-state index < -0.39 is 22.0 Å². The molecule has 17 heavy (non-hydrogen) atoms. The second-order valence-corrected chi connectivity index (χ2v) is 5.74. The van der Waals surface area contributed by atoms with Crippen LogP contribution in [0.25, 0.3) is 0 Å². The van der Waals surface area contributed by atoms with Gasteiger partial charge in [0.25, 0.3) is 0 Å². The Morgan fingerprint density at radius 1 is 1.53 bits per heavy atom. The molecule has 0 radical (unpaired) electrons. The van der Waals surface area contributed by atoms with Crippen LogP contribution < -0.4 is 4.72 Å². The minimum absolute atomic E-state index is 0.0492. The molecule has 0 spiro atoms. The molecule has 0 saturated heterocycles. The van der Waals surface area contributed by atoms with E-state index in [1.807, 2.05) is 0 Å². The molecule has 0 aliphatic heterocycles. The lowest BCUT2D eigenvalue weighted by atomic mass is 10.1. The molecule has 2 N–H and O–H groups in total. The molecule has 0 bridgehead atoms. The highest BCUT2D eigenvalue weighted by atomic mass is 32.2. The molecule has 0 fully saturated rings. The number of carbonyl (C=O) groups is 1. The number of aliphatic carboxylic acids is 1. The predicted octanol–water partition coefficient (Wildman–Crippen LogP) is -0.192. The zero-order chi connectivity index (χ0) is 13.2. The summed E-state index contributed by atoms with van der Waals surface area (Å²) in [6, 6.07) is -1.15. The zero-order valence-electron chi connectivity index (χ0n) is 9.78. The van der Waals surface area contributed by atoms with Crippen molar-refractivity contribution in [3.63, 3.8) is 0 Å². The Bertz CT molecular complexity index is 506. The summed E-state index contributed by atoms with van der Waals surface area (Å²) in [5, 5.41) is 12.6. The van der Waals surface area contributed by atoms with Crippen LogP contribution in [0.2, 0.25) is 0 Å². The van der Waals surface area contributed by atoms with E-state index in [-0.39, 0.29) is 10.8 Å². The predicted molar refractivity (Wildman–Crippen MR) is 59.8 cm³/mol. The summed E-state index contributed by atoms with van der Waals surface area (Å²) in [6.45, 7) is 3.26. The number of rotatable bonds is 5. The average Bonchev–Trinajstić information content (AvgIpc) is 2.61. The van der Waals surface area contributed by atoms with Gasteiger partial charge in [0.1, 0.15) is 10.9 Å². The van der Waals surface area contributed by atoms with E-state index in [9.17, 15) is 13.2 Å². The van der Waals surface area contributed by atoms with Gasteiger partial charge in [-0.2, -0.15) is 9.82 Å². The molecule has 1 heterocycles. The number of carboxylic acids is 1. The van der Waals surface area contributed by atoms with Gasteiger partial charge in [0.05, 0.1) is 6.20 Å². The zero-order valence-corrected chi connectivity index (χ0v) is 10.6. The van der Waals surface area contributed by atoms with Crippen LogP contribution in [-0.4, -0.2) is 35.3 Å². The van der Waals surface area contributed by atoms with Crippen molar-refractivity contribution in [2.24, 2.45) is 13.0 Å². The molecule has 0 aliphatic rings. The topological polar surface area (TPSA) is 101 Å². The lowest BCUT2D eigenvalue weighted by Gasteiger charge is -2.17. The van der Waals surface area contributed by atoms with E-state index in [2.05, 4.69) is 9.82 Å². The van der Waals surface area contributed by atoms with Crippen molar-refractivity contribution in [2.75, 3.05) is 0 Å². The number of aromatic nitrogens is 2. The van der Waals surface area contributed by atoms with Crippen LogP contribution in [-0.2, 0) is 21.9 Å². The number of carboxylic acid groups (broad SMARTS) is 1. The molecule has 1 aromatic rings. The van der Waals surface area contributed by atoms with Crippen LogP contribution in [0.5, 0.6) is 0 Å². The average molecular weight is 261 g/mol. The Morgan fingerprint density at radius 3 is 2.47 bits per heavy atom. The molecule has 96 valence electrons. The first-order valence-corrected chi connectivity index (χ1v) is 6.46. The Balaban J connectivity index is 2.97. The summed E-state index contributed by atoms with van der Waals surface area (Å²) in [6.07, 6.45) is 2.48. The van der Waals surface area contributed by atoms with Crippen LogP contribution in [0.4, 0.5) is 0 Å². The van der Waals surface area contributed by atoms with Gasteiger partial charge >= 0.3 is 5.97 Å². The summed E-state index contributed by atoms with van der Waals surface area (Å²) >= 11 is 0. The van der Waals surface area contributed by atoms with Crippen LogP contribution in [0.1, 0.15) is 13.8 Å². The third kappa shape index (κ3) is 3.27. The van der Waals surface area contributed by atoms with E-state index in [0.29, 0.717) is 0 Å². The Kier molecular flexibility index (Phi) is 3.89. The van der Waals surface area contributed by atoms with Gasteiger partial charge < -0.3 is 5.11 Å². The fraction of sp³-hybridized carbons (Fsp3) is 0.556. The number of nitrogens with one attached hydrogen (secondary N) is 1. The van der Waals surface area contributed by atoms with Gasteiger partial charge in [-0.25, -0.2) is 8.42 Å². The second kappa shape index (κ2) is 4.84. The Labute approximate surface area is 99.5 Å². The fourth-order valence-electron chi connectivity index (χ4n) is 1.24. The van der Waals surface area contributed by atoms with Gasteiger partial charge in [-0.3, -0.25) is 9.48 Å². The quantitative estimate of drug-likeness (QED) is 0.764. The molecule has 0 unspecified atom stereocenters. The van der Waals surface area contributed by atoms with E-state index in [1.54, 1.807) is 20.9 Å². The molecule has 0 aliphatic carbocycles. The molecular weight excluding hydrogens is 246 g/mol. The first-order valence-electron chi connectivity index (χ1n) is 4.98. The van der Waals surface area contributed by atoms with E-state index in [1.165, 1.54) is 17.1 Å². The molecule has 8 heteroatoms. The highest BCUT2D eigenvalue weighted by Gasteiger charge is 2.28. The summed E-state index contributed by atoms with van der Waals surface area (Å²) in [7, 11) is -2.26. The summed E-state index contributed by atoms with van der Waals surface area (Å²) in [4.78, 5) is 10.9. The van der Waals surface area contributed by atoms with Crippen molar-refractivity contribution < 1.29 is 18.3 Å². The second-order valence-electron chi connectivity index (χ2n) is 4.03. The molecule has 1 aromatic heterocycles. The molecule has 0 amide bonds. The van der Waals surface area contributed by atoms with Crippen LogP contribution in [0, 0.1) is 5.92 Å². The molecule has 0 aromatic carbocycles. The smallest absolute Gasteiger partial charge is 0.322 e. The van der Waals surface area contributed by atoms with Gasteiger partial charge in [0.15, 0.2) is 0 Å². The highest BCUT2D eigenvalue weighted by Crippen LogP contribution is 2.10. The van der Waals surface area contributed by atoms with Crippen molar-refractivity contribution in [1.82, 2.24) is 14.5 Å². The lowest BCUT2D eigenvalue weighted by Crippen LogP contribution is -2.44. The maximum Gasteiger partial charge on any atom is 0.322 e. The monoisotopic (exact) mass is 261 g/mol. The SMILES string of the molecule is CC(C)[C@H](NS(=O)(=O)c1cnn(C)c1)C(=O)O. The summed E-state index contributed by atoms with van der Waals surface area (Å²) in [5.41, 5.74) is 0. The van der Waals surface area contributed by atoms with Gasteiger partial charge in [0, 0.05) is 13.2 Å². The Hall–Kier alpha value is -1.41. The van der Waals surface area contributed by atoms with Crippen LogP contribution in [0.3, 0.4) is 0 Å². The van der Waals surface area contributed by atoms with E-state index in [4.69, 9.17) is 5.11 Å². The number of hydrogen-bond donors (Lipinski definition) is 2. The van der Waals surface area contributed by atoms with Crippen LogP contribution >= 0.6 is 0 Å². The molecule has 7 nitrogen and oxygen atoms in total. The highest BCUT2D eigenvalue weighted by molar-refractivity contribution is 7.89. The van der Waals surface area contributed by atoms with Gasteiger partial charge in [-0.15, -0.1) is 0 Å². The lowest BCUT2D eigenvalue weighted by molar-refractivity contribution is -0.140. The molecule has 1 atom stereocenters. The number of sulfonamides is 1. The van der Waals surface area contributed by atoms with E-state index in [0.717, 1.165) is 0 Å². The van der Waals surface area contributed by atoms with E-state index >= 15 is 0 Å². The first-order chi connectivity index (χ1) is 7.74.